The van der Waals surface area contributed by atoms with Crippen LogP contribution in [0.15, 0.2) is 36.5 Å². The summed E-state index contributed by atoms with van der Waals surface area (Å²) < 4.78 is 6.00. The van der Waals surface area contributed by atoms with E-state index in [9.17, 15) is 0 Å². The van der Waals surface area contributed by atoms with Gasteiger partial charge >= 0.3 is 0 Å². The molecule has 4 rings (SSSR count). The molecule has 0 amide bonds. The second-order valence-corrected chi connectivity index (χ2v) is 8.50. The van der Waals surface area contributed by atoms with Crippen molar-refractivity contribution in [2.75, 3.05) is 31.1 Å². The third-order valence-corrected chi connectivity index (χ3v) is 6.20. The zero-order valence-corrected chi connectivity index (χ0v) is 17.6. The molecule has 2 aromatic rings. The number of anilines is 1. The number of morpholine rings is 1. The van der Waals surface area contributed by atoms with E-state index in [-0.39, 0.29) is 6.10 Å². The molecule has 0 bridgehead atoms. The van der Waals surface area contributed by atoms with Gasteiger partial charge in [0.05, 0.1) is 12.7 Å². The third kappa shape index (κ3) is 4.77. The SMILES string of the molecule is C[C@H]1CN(C2CCN(c3ccnc(Cl)n3)CC2)[C@@H](Cc2ccc(Cl)cc2)CO1. The minimum Gasteiger partial charge on any atom is -0.376 e. The van der Waals surface area contributed by atoms with E-state index < -0.39 is 0 Å². The number of rotatable bonds is 4. The number of nitrogens with zero attached hydrogens (tertiary/aromatic N) is 4. The van der Waals surface area contributed by atoms with Gasteiger partial charge in [0.25, 0.3) is 0 Å². The number of hydrogen-bond donors (Lipinski definition) is 0. The highest BCUT2D eigenvalue weighted by atomic mass is 35.5. The molecule has 2 atom stereocenters. The lowest BCUT2D eigenvalue weighted by molar-refractivity contribution is -0.0745. The van der Waals surface area contributed by atoms with Crippen LogP contribution in [-0.4, -0.2) is 59.3 Å². The molecule has 2 fully saturated rings. The second kappa shape index (κ2) is 8.95. The van der Waals surface area contributed by atoms with Crippen molar-refractivity contribution >= 4 is 29.0 Å². The van der Waals surface area contributed by atoms with E-state index >= 15 is 0 Å². The summed E-state index contributed by atoms with van der Waals surface area (Å²) in [4.78, 5) is 13.3. The highest BCUT2D eigenvalue weighted by Gasteiger charge is 2.34. The van der Waals surface area contributed by atoms with Crippen molar-refractivity contribution in [2.24, 2.45) is 0 Å². The molecular weight excluding hydrogens is 395 g/mol. The van der Waals surface area contributed by atoms with E-state index in [2.05, 4.69) is 38.8 Å². The van der Waals surface area contributed by atoms with Crippen LogP contribution in [0.1, 0.15) is 25.3 Å². The van der Waals surface area contributed by atoms with E-state index in [0.29, 0.717) is 17.4 Å². The molecule has 2 aliphatic rings. The van der Waals surface area contributed by atoms with Gasteiger partial charge in [-0.15, -0.1) is 0 Å². The summed E-state index contributed by atoms with van der Waals surface area (Å²) in [6.07, 6.45) is 5.23. The Morgan fingerprint density at radius 3 is 2.57 bits per heavy atom. The Hall–Kier alpha value is -1.40. The first-order valence-corrected chi connectivity index (χ1v) is 10.7. The molecular formula is C21H26Cl2N4O. The molecule has 3 heterocycles. The zero-order chi connectivity index (χ0) is 19.5. The fourth-order valence-corrected chi connectivity index (χ4v) is 4.58. The van der Waals surface area contributed by atoms with Gasteiger partial charge in [-0.3, -0.25) is 4.90 Å². The van der Waals surface area contributed by atoms with E-state index in [1.807, 2.05) is 18.2 Å². The Kier molecular flexibility index (Phi) is 6.36. The lowest BCUT2D eigenvalue weighted by Gasteiger charge is -2.46. The van der Waals surface area contributed by atoms with Crippen LogP contribution in [-0.2, 0) is 11.2 Å². The number of aromatic nitrogens is 2. The topological polar surface area (TPSA) is 41.5 Å². The van der Waals surface area contributed by atoms with Crippen LogP contribution < -0.4 is 4.90 Å². The highest BCUT2D eigenvalue weighted by Crippen LogP contribution is 2.27. The molecule has 1 aromatic heterocycles. The van der Waals surface area contributed by atoms with Gasteiger partial charge in [-0.1, -0.05) is 23.7 Å². The predicted octanol–water partition coefficient (Wildman–Crippen LogP) is 4.08. The molecule has 2 aliphatic heterocycles. The van der Waals surface area contributed by atoms with Crippen LogP contribution >= 0.6 is 23.2 Å². The maximum Gasteiger partial charge on any atom is 0.224 e. The zero-order valence-electron chi connectivity index (χ0n) is 16.1. The Balaban J connectivity index is 1.41. The summed E-state index contributed by atoms with van der Waals surface area (Å²) in [5.41, 5.74) is 1.31. The first-order chi connectivity index (χ1) is 13.6. The quantitative estimate of drug-likeness (QED) is 0.696. The predicted molar refractivity (Wildman–Crippen MR) is 113 cm³/mol. The largest absolute Gasteiger partial charge is 0.376 e. The van der Waals surface area contributed by atoms with Crippen molar-refractivity contribution in [1.82, 2.24) is 14.9 Å². The van der Waals surface area contributed by atoms with Crippen molar-refractivity contribution in [1.29, 1.82) is 0 Å². The summed E-state index contributed by atoms with van der Waals surface area (Å²) in [5.74, 6) is 0.923. The lowest BCUT2D eigenvalue weighted by atomic mass is 9.96. The van der Waals surface area contributed by atoms with E-state index in [1.165, 1.54) is 5.56 Å². The molecule has 7 heteroatoms. The molecule has 5 nitrogen and oxygen atoms in total. The van der Waals surface area contributed by atoms with Crippen molar-refractivity contribution in [3.8, 4) is 0 Å². The molecule has 0 N–H and O–H groups in total. The maximum atomic E-state index is 6.04. The Labute approximate surface area is 176 Å². The van der Waals surface area contributed by atoms with Gasteiger partial charge in [-0.25, -0.2) is 9.97 Å². The number of piperidine rings is 1. The van der Waals surface area contributed by atoms with E-state index in [0.717, 1.165) is 56.3 Å². The first kappa shape index (κ1) is 19.9. The Bertz CT molecular complexity index is 780. The smallest absolute Gasteiger partial charge is 0.224 e. The van der Waals surface area contributed by atoms with Crippen LogP contribution in [0, 0.1) is 0 Å². The summed E-state index contributed by atoms with van der Waals surface area (Å²) in [5, 5.41) is 1.09. The molecule has 0 spiro atoms. The van der Waals surface area contributed by atoms with E-state index in [1.54, 1.807) is 6.20 Å². The number of ether oxygens (including phenoxy) is 1. The Morgan fingerprint density at radius 2 is 1.86 bits per heavy atom. The molecule has 0 saturated carbocycles. The van der Waals surface area contributed by atoms with Crippen LogP contribution in [0.5, 0.6) is 0 Å². The van der Waals surface area contributed by atoms with Gasteiger partial charge in [0.2, 0.25) is 5.28 Å². The summed E-state index contributed by atoms with van der Waals surface area (Å²) in [7, 11) is 0. The van der Waals surface area contributed by atoms with Gasteiger partial charge in [0.15, 0.2) is 0 Å². The van der Waals surface area contributed by atoms with Gasteiger partial charge in [0.1, 0.15) is 5.82 Å². The average molecular weight is 421 g/mol. The molecule has 2 saturated heterocycles. The standard InChI is InChI=1S/C21H26Cl2N4O/c1-15-13-27(19(14-28-15)12-16-2-4-17(22)5-3-16)18-7-10-26(11-8-18)20-6-9-24-21(23)25-20/h2-6,9,15,18-19H,7-8,10-14H2,1H3/t15-,19-/m0/s1. The molecule has 0 aliphatic carbocycles. The maximum absolute atomic E-state index is 6.04. The summed E-state index contributed by atoms with van der Waals surface area (Å²) in [6, 6.07) is 11.1. The normalized spacial score (nSPS) is 24.5. The average Bonchev–Trinajstić information content (AvgIpc) is 2.71. The number of halogens is 2. The summed E-state index contributed by atoms with van der Waals surface area (Å²) in [6.45, 7) is 5.91. The third-order valence-electron chi connectivity index (χ3n) is 5.76. The van der Waals surface area contributed by atoms with Crippen molar-refractivity contribution in [3.05, 3.63) is 52.4 Å². The minimum atomic E-state index is 0.278. The monoisotopic (exact) mass is 420 g/mol. The van der Waals surface area contributed by atoms with Crippen LogP contribution in [0.3, 0.4) is 0 Å². The fourth-order valence-electron chi connectivity index (χ4n) is 4.31. The fraction of sp³-hybridized carbons (Fsp3) is 0.524. The van der Waals surface area contributed by atoms with Crippen LogP contribution in [0.25, 0.3) is 0 Å². The summed E-state index contributed by atoms with van der Waals surface area (Å²) >= 11 is 12.0. The van der Waals surface area contributed by atoms with Gasteiger partial charge in [-0.2, -0.15) is 0 Å². The molecule has 150 valence electrons. The van der Waals surface area contributed by atoms with Crippen molar-refractivity contribution < 1.29 is 4.74 Å². The van der Waals surface area contributed by atoms with Crippen molar-refractivity contribution in [2.45, 2.75) is 44.4 Å². The molecule has 0 unspecified atom stereocenters. The van der Waals surface area contributed by atoms with E-state index in [4.69, 9.17) is 27.9 Å². The lowest BCUT2D eigenvalue weighted by Crippen LogP contribution is -2.56. The van der Waals surface area contributed by atoms with Crippen molar-refractivity contribution in [3.63, 3.8) is 0 Å². The number of benzene rings is 1. The van der Waals surface area contributed by atoms with Crippen LogP contribution in [0.4, 0.5) is 5.82 Å². The Morgan fingerprint density at radius 1 is 1.11 bits per heavy atom. The number of hydrogen-bond acceptors (Lipinski definition) is 5. The molecule has 1 aromatic carbocycles. The molecule has 0 radical (unpaired) electrons. The molecule has 28 heavy (non-hydrogen) atoms. The highest BCUT2D eigenvalue weighted by molar-refractivity contribution is 6.30. The van der Waals surface area contributed by atoms with Gasteiger partial charge in [0, 0.05) is 42.9 Å². The minimum absolute atomic E-state index is 0.278. The first-order valence-electron chi connectivity index (χ1n) is 9.94. The van der Waals surface area contributed by atoms with Gasteiger partial charge < -0.3 is 9.64 Å². The van der Waals surface area contributed by atoms with Crippen LogP contribution in [0.2, 0.25) is 10.3 Å². The second-order valence-electron chi connectivity index (χ2n) is 7.73. The van der Waals surface area contributed by atoms with Gasteiger partial charge in [-0.05, 0) is 61.5 Å².